The average molecular weight is 432 g/mol. The van der Waals surface area contributed by atoms with E-state index in [1.54, 1.807) is 11.7 Å². The van der Waals surface area contributed by atoms with Gasteiger partial charge in [0, 0.05) is 13.1 Å². The van der Waals surface area contributed by atoms with Gasteiger partial charge in [-0.1, -0.05) is 37.7 Å². The Labute approximate surface area is 178 Å². The highest BCUT2D eigenvalue weighted by atomic mass is 32.2. The van der Waals surface area contributed by atoms with E-state index >= 15 is 0 Å². The third kappa shape index (κ3) is 5.61. The number of nitrogens with one attached hydrogen (secondary N) is 1. The molecule has 0 radical (unpaired) electrons. The molecule has 6 nitrogen and oxygen atoms in total. The first-order chi connectivity index (χ1) is 14.0. The van der Waals surface area contributed by atoms with Crippen molar-refractivity contribution in [2.75, 3.05) is 12.9 Å². The van der Waals surface area contributed by atoms with Gasteiger partial charge < -0.3 is 10.1 Å². The molecule has 0 aliphatic carbocycles. The number of ether oxygens (including phenoxy) is 1. The van der Waals surface area contributed by atoms with Crippen molar-refractivity contribution in [2.45, 2.75) is 38.5 Å². The van der Waals surface area contributed by atoms with Gasteiger partial charge in [-0.05, 0) is 41.5 Å². The van der Waals surface area contributed by atoms with Gasteiger partial charge in [0.15, 0.2) is 5.16 Å². The van der Waals surface area contributed by atoms with E-state index in [1.165, 1.54) is 23.1 Å². The quantitative estimate of drug-likeness (QED) is 0.411. The number of thioether (sulfide) groups is 1. The highest BCUT2D eigenvalue weighted by Gasteiger charge is 2.14. The minimum Gasteiger partial charge on any atom is -0.497 e. The zero-order valence-electron chi connectivity index (χ0n) is 16.8. The van der Waals surface area contributed by atoms with Crippen LogP contribution in [0.1, 0.15) is 25.8 Å². The van der Waals surface area contributed by atoms with Gasteiger partial charge in [-0.25, -0.2) is 4.98 Å². The number of hydrogen-bond donors (Lipinski definition) is 1. The third-order valence-corrected chi connectivity index (χ3v) is 6.31. The topological polar surface area (TPSA) is 73.2 Å². The number of nitrogens with zero attached hydrogens (tertiary/aromatic N) is 2. The van der Waals surface area contributed by atoms with Crippen molar-refractivity contribution in [3.63, 3.8) is 0 Å². The van der Waals surface area contributed by atoms with Gasteiger partial charge in [-0.3, -0.25) is 14.2 Å². The SMILES string of the molecule is COc1ccc(CNC(=O)CSc2nc3ccsc3c(=O)n2CCC(C)C)cc1. The molecule has 1 amide bonds. The van der Waals surface area contributed by atoms with Gasteiger partial charge in [-0.15, -0.1) is 11.3 Å². The first kappa shape index (κ1) is 21.4. The van der Waals surface area contributed by atoms with Crippen molar-refractivity contribution < 1.29 is 9.53 Å². The van der Waals surface area contributed by atoms with E-state index < -0.39 is 0 Å². The molecule has 0 saturated heterocycles. The fraction of sp³-hybridized carbons (Fsp3) is 0.381. The molecule has 2 aromatic heterocycles. The van der Waals surface area contributed by atoms with Crippen LogP contribution in [0.2, 0.25) is 0 Å². The van der Waals surface area contributed by atoms with Crippen molar-refractivity contribution in [3.05, 3.63) is 51.6 Å². The molecule has 0 atom stereocenters. The molecule has 0 unspecified atom stereocenters. The van der Waals surface area contributed by atoms with Crippen LogP contribution in [0, 0.1) is 5.92 Å². The fourth-order valence-electron chi connectivity index (χ4n) is 2.74. The summed E-state index contributed by atoms with van der Waals surface area (Å²) >= 11 is 2.72. The molecule has 1 N–H and O–H groups in total. The molecule has 0 fully saturated rings. The summed E-state index contributed by atoms with van der Waals surface area (Å²) in [7, 11) is 1.62. The molecule has 0 aliphatic heterocycles. The highest BCUT2D eigenvalue weighted by Crippen LogP contribution is 2.21. The highest BCUT2D eigenvalue weighted by molar-refractivity contribution is 7.99. The van der Waals surface area contributed by atoms with E-state index in [1.807, 2.05) is 35.7 Å². The Morgan fingerprint density at radius 2 is 2.03 bits per heavy atom. The number of hydrogen-bond acceptors (Lipinski definition) is 6. The lowest BCUT2D eigenvalue weighted by atomic mass is 10.1. The normalized spacial score (nSPS) is 11.2. The lowest BCUT2D eigenvalue weighted by Crippen LogP contribution is -2.26. The van der Waals surface area contributed by atoms with Crippen LogP contribution in [0.25, 0.3) is 10.2 Å². The Balaban J connectivity index is 1.65. The standard InChI is InChI=1S/C21H25N3O3S2/c1-14(2)8-10-24-20(26)19-17(9-11-28-19)23-21(24)29-13-18(25)22-12-15-4-6-16(27-3)7-5-15/h4-7,9,11,14H,8,10,12-13H2,1-3H3,(H,22,25). The van der Waals surface area contributed by atoms with E-state index in [2.05, 4.69) is 24.1 Å². The Hall–Kier alpha value is -2.32. The van der Waals surface area contributed by atoms with Gasteiger partial charge in [-0.2, -0.15) is 0 Å². The molecule has 0 saturated carbocycles. The smallest absolute Gasteiger partial charge is 0.272 e. The van der Waals surface area contributed by atoms with E-state index in [-0.39, 0.29) is 17.2 Å². The number of methoxy groups -OCH3 is 1. The second kappa shape index (κ2) is 9.93. The third-order valence-electron chi connectivity index (χ3n) is 4.44. The van der Waals surface area contributed by atoms with Crippen LogP contribution >= 0.6 is 23.1 Å². The second-order valence-electron chi connectivity index (χ2n) is 7.08. The monoisotopic (exact) mass is 431 g/mol. The zero-order chi connectivity index (χ0) is 20.8. The number of aromatic nitrogens is 2. The Morgan fingerprint density at radius 1 is 1.28 bits per heavy atom. The molecule has 0 spiro atoms. The van der Waals surface area contributed by atoms with Crippen molar-refractivity contribution in [3.8, 4) is 5.75 Å². The Morgan fingerprint density at radius 3 is 2.72 bits per heavy atom. The zero-order valence-corrected chi connectivity index (χ0v) is 18.4. The van der Waals surface area contributed by atoms with Crippen molar-refractivity contribution in [1.29, 1.82) is 0 Å². The predicted octanol–water partition coefficient (Wildman–Crippen LogP) is 3.92. The molecule has 1 aromatic carbocycles. The van der Waals surface area contributed by atoms with Crippen LogP contribution in [-0.2, 0) is 17.9 Å². The number of rotatable bonds is 9. The van der Waals surface area contributed by atoms with Crippen LogP contribution in [-0.4, -0.2) is 28.3 Å². The summed E-state index contributed by atoms with van der Waals surface area (Å²) in [5, 5.41) is 5.38. The molecule has 0 aliphatic rings. The van der Waals surface area contributed by atoms with Crippen molar-refractivity contribution >= 4 is 39.2 Å². The molecule has 3 aromatic rings. The number of carbonyl (C=O) groups excluding carboxylic acids is 1. The maximum absolute atomic E-state index is 12.8. The minimum absolute atomic E-state index is 0.0215. The van der Waals surface area contributed by atoms with Gasteiger partial charge >= 0.3 is 0 Å². The molecular formula is C21H25N3O3S2. The van der Waals surface area contributed by atoms with Crippen LogP contribution in [0.3, 0.4) is 0 Å². The van der Waals surface area contributed by atoms with E-state index in [0.29, 0.717) is 34.4 Å². The van der Waals surface area contributed by atoms with Crippen molar-refractivity contribution in [1.82, 2.24) is 14.9 Å². The molecular weight excluding hydrogens is 406 g/mol. The number of fused-ring (bicyclic) bond motifs is 1. The van der Waals surface area contributed by atoms with Crippen LogP contribution in [0.4, 0.5) is 0 Å². The summed E-state index contributed by atoms with van der Waals surface area (Å²) in [6, 6.07) is 9.42. The maximum atomic E-state index is 12.8. The number of carbonyl (C=O) groups is 1. The van der Waals surface area contributed by atoms with E-state index in [4.69, 9.17) is 4.74 Å². The largest absolute Gasteiger partial charge is 0.497 e. The summed E-state index contributed by atoms with van der Waals surface area (Å²) in [6.07, 6.45) is 0.885. The molecule has 0 bridgehead atoms. The van der Waals surface area contributed by atoms with Gasteiger partial charge in [0.05, 0.1) is 18.4 Å². The average Bonchev–Trinajstić information content (AvgIpc) is 3.19. The summed E-state index contributed by atoms with van der Waals surface area (Å²) in [4.78, 5) is 29.8. The fourth-order valence-corrected chi connectivity index (χ4v) is 4.38. The first-order valence-electron chi connectivity index (χ1n) is 9.48. The molecule has 2 heterocycles. The van der Waals surface area contributed by atoms with Crippen LogP contribution < -0.4 is 15.6 Å². The van der Waals surface area contributed by atoms with Crippen molar-refractivity contribution in [2.24, 2.45) is 5.92 Å². The predicted molar refractivity (Wildman–Crippen MR) is 119 cm³/mol. The number of benzene rings is 1. The molecule has 3 rings (SSSR count). The van der Waals surface area contributed by atoms with E-state index in [0.717, 1.165) is 17.7 Å². The summed E-state index contributed by atoms with van der Waals surface area (Å²) in [6.45, 7) is 5.30. The Bertz CT molecular complexity index is 1030. The first-order valence-corrected chi connectivity index (χ1v) is 11.3. The minimum atomic E-state index is -0.0964. The van der Waals surface area contributed by atoms with E-state index in [9.17, 15) is 9.59 Å². The molecule has 29 heavy (non-hydrogen) atoms. The summed E-state index contributed by atoms with van der Waals surface area (Å²) < 4.78 is 7.51. The van der Waals surface area contributed by atoms with Gasteiger partial charge in [0.2, 0.25) is 5.91 Å². The molecule has 154 valence electrons. The maximum Gasteiger partial charge on any atom is 0.272 e. The van der Waals surface area contributed by atoms with Crippen LogP contribution in [0.5, 0.6) is 5.75 Å². The second-order valence-corrected chi connectivity index (χ2v) is 8.94. The number of amides is 1. The number of thiophene rings is 1. The van der Waals surface area contributed by atoms with Gasteiger partial charge in [0.25, 0.3) is 5.56 Å². The summed E-state index contributed by atoms with van der Waals surface area (Å²) in [5.41, 5.74) is 1.67. The van der Waals surface area contributed by atoms with Gasteiger partial charge in [0.1, 0.15) is 10.4 Å². The molecule has 8 heteroatoms. The van der Waals surface area contributed by atoms with Crippen LogP contribution in [0.15, 0.2) is 45.7 Å². The summed E-state index contributed by atoms with van der Waals surface area (Å²) in [5.74, 6) is 1.37. The lowest BCUT2D eigenvalue weighted by Gasteiger charge is -2.13. The lowest BCUT2D eigenvalue weighted by molar-refractivity contribution is -0.118. The Kier molecular flexibility index (Phi) is 7.33.